The number of aryl methyl sites for hydroxylation is 2. The molecule has 0 bridgehead atoms. The summed E-state index contributed by atoms with van der Waals surface area (Å²) in [4.78, 5) is 12.7. The highest BCUT2D eigenvalue weighted by atomic mass is 35.5. The monoisotopic (exact) mass is 365 g/mol. The highest BCUT2D eigenvalue weighted by Gasteiger charge is 2.20. The van der Waals surface area contributed by atoms with E-state index in [1.807, 2.05) is 19.1 Å². The second-order valence-corrected chi connectivity index (χ2v) is 6.21. The summed E-state index contributed by atoms with van der Waals surface area (Å²) < 4.78 is 7.06. The average molecular weight is 366 g/mol. The molecule has 0 aliphatic rings. The van der Waals surface area contributed by atoms with E-state index in [0.717, 1.165) is 11.1 Å². The molecule has 0 fully saturated rings. The number of esters is 1. The Hall–Kier alpha value is -3.10. The molecule has 0 aliphatic carbocycles. The van der Waals surface area contributed by atoms with Crippen LogP contribution < -0.4 is 4.74 Å². The summed E-state index contributed by atoms with van der Waals surface area (Å²) in [5.74, 6) is -0.0329. The van der Waals surface area contributed by atoms with Gasteiger partial charge < -0.3 is 4.74 Å². The lowest BCUT2D eigenvalue weighted by atomic mass is 10.1. The fraction of sp³-hybridized carbons (Fsp3) is 0.150. The summed E-state index contributed by atoms with van der Waals surface area (Å²) in [7, 11) is 0. The maximum atomic E-state index is 12.7. The van der Waals surface area contributed by atoms with E-state index in [0.29, 0.717) is 35.0 Å². The maximum Gasteiger partial charge on any atom is 0.347 e. The molecule has 26 heavy (non-hydrogen) atoms. The van der Waals surface area contributed by atoms with E-state index in [9.17, 15) is 4.79 Å². The number of ether oxygens (including phenoxy) is 1. The first-order valence-electron chi connectivity index (χ1n) is 8.06. The Morgan fingerprint density at radius 2 is 1.88 bits per heavy atom. The molecule has 2 aromatic carbocycles. The van der Waals surface area contributed by atoms with Gasteiger partial charge in [-0.15, -0.1) is 0 Å². The number of carbonyl (C=O) groups is 1. The minimum atomic E-state index is -0.498. The number of halogens is 1. The molecular formula is C20H16ClN3O2. The molecule has 0 saturated carbocycles. The Kier molecular flexibility index (Phi) is 5.35. The molecule has 5 nitrogen and oxygen atoms in total. The Morgan fingerprint density at radius 1 is 1.19 bits per heavy atom. The van der Waals surface area contributed by atoms with Gasteiger partial charge in [0.2, 0.25) is 0 Å². The maximum absolute atomic E-state index is 12.7. The molecule has 1 heterocycles. The quantitative estimate of drug-likeness (QED) is 0.487. The predicted octanol–water partition coefficient (Wildman–Crippen LogP) is 4.64. The van der Waals surface area contributed by atoms with Crippen LogP contribution in [0.3, 0.4) is 0 Å². The van der Waals surface area contributed by atoms with Crippen LogP contribution in [0.4, 0.5) is 0 Å². The lowest BCUT2D eigenvalue weighted by Gasteiger charge is -2.05. The molecule has 0 radical (unpaired) electrons. The molecule has 0 amide bonds. The SMILES string of the molecule is Cc1ccc(OC(=O)c2cn(CCC#N)nc2-c2ccc(Cl)cc2)cc1. The van der Waals surface area contributed by atoms with Crippen LogP contribution in [0, 0.1) is 18.3 Å². The Balaban J connectivity index is 1.94. The third-order valence-electron chi connectivity index (χ3n) is 3.78. The Labute approximate surface area is 156 Å². The van der Waals surface area contributed by atoms with Crippen molar-refractivity contribution in [2.75, 3.05) is 0 Å². The van der Waals surface area contributed by atoms with Crippen molar-refractivity contribution < 1.29 is 9.53 Å². The van der Waals surface area contributed by atoms with Gasteiger partial charge in [0.1, 0.15) is 17.0 Å². The topological polar surface area (TPSA) is 67.9 Å². The first-order valence-corrected chi connectivity index (χ1v) is 8.44. The highest BCUT2D eigenvalue weighted by molar-refractivity contribution is 6.30. The Morgan fingerprint density at radius 3 is 2.54 bits per heavy atom. The second kappa shape index (κ2) is 7.85. The molecule has 6 heteroatoms. The molecule has 3 rings (SSSR count). The third-order valence-corrected chi connectivity index (χ3v) is 4.04. The van der Waals surface area contributed by atoms with Gasteiger partial charge in [-0.05, 0) is 31.2 Å². The molecule has 0 N–H and O–H groups in total. The van der Waals surface area contributed by atoms with Gasteiger partial charge in [0.15, 0.2) is 0 Å². The first-order chi connectivity index (χ1) is 12.6. The lowest BCUT2D eigenvalue weighted by molar-refractivity contribution is 0.0735. The van der Waals surface area contributed by atoms with Crippen LogP contribution in [-0.4, -0.2) is 15.7 Å². The van der Waals surface area contributed by atoms with E-state index < -0.39 is 5.97 Å². The molecular weight excluding hydrogens is 350 g/mol. The predicted molar refractivity (Wildman–Crippen MR) is 99.0 cm³/mol. The van der Waals surface area contributed by atoms with Crippen molar-refractivity contribution in [3.63, 3.8) is 0 Å². The summed E-state index contributed by atoms with van der Waals surface area (Å²) in [6, 6.07) is 16.4. The van der Waals surface area contributed by atoms with Crippen LogP contribution in [0.2, 0.25) is 5.02 Å². The summed E-state index contributed by atoms with van der Waals surface area (Å²) in [5.41, 5.74) is 2.67. The number of nitriles is 1. The van der Waals surface area contributed by atoms with Crippen molar-refractivity contribution >= 4 is 17.6 Å². The van der Waals surface area contributed by atoms with Crippen LogP contribution in [0.5, 0.6) is 5.75 Å². The van der Waals surface area contributed by atoms with E-state index in [1.165, 1.54) is 0 Å². The van der Waals surface area contributed by atoms with Crippen molar-refractivity contribution in [1.82, 2.24) is 9.78 Å². The van der Waals surface area contributed by atoms with Crippen LogP contribution in [0.15, 0.2) is 54.7 Å². The summed E-state index contributed by atoms with van der Waals surface area (Å²) in [6.07, 6.45) is 1.91. The number of nitrogens with zero attached hydrogens (tertiary/aromatic N) is 3. The molecule has 0 unspecified atom stereocenters. The zero-order valence-corrected chi connectivity index (χ0v) is 14.9. The van der Waals surface area contributed by atoms with Gasteiger partial charge >= 0.3 is 5.97 Å². The van der Waals surface area contributed by atoms with Gasteiger partial charge in [0.05, 0.1) is 19.0 Å². The molecule has 1 aromatic heterocycles. The Bertz CT molecular complexity index is 954. The molecule has 0 saturated heterocycles. The summed E-state index contributed by atoms with van der Waals surface area (Å²) in [5, 5.41) is 13.8. The van der Waals surface area contributed by atoms with Gasteiger partial charge in [0, 0.05) is 16.8 Å². The number of rotatable bonds is 5. The van der Waals surface area contributed by atoms with E-state index in [4.69, 9.17) is 21.6 Å². The molecule has 0 atom stereocenters. The van der Waals surface area contributed by atoms with Crippen molar-refractivity contribution in [3.8, 4) is 23.1 Å². The van der Waals surface area contributed by atoms with E-state index in [-0.39, 0.29) is 0 Å². The zero-order chi connectivity index (χ0) is 18.5. The normalized spacial score (nSPS) is 10.3. The smallest absolute Gasteiger partial charge is 0.347 e. The molecule has 130 valence electrons. The number of hydrogen-bond donors (Lipinski definition) is 0. The van der Waals surface area contributed by atoms with Gasteiger partial charge in [-0.2, -0.15) is 10.4 Å². The van der Waals surface area contributed by atoms with Crippen molar-refractivity contribution in [2.24, 2.45) is 0 Å². The van der Waals surface area contributed by atoms with E-state index in [2.05, 4.69) is 11.2 Å². The van der Waals surface area contributed by atoms with Crippen LogP contribution in [0.1, 0.15) is 22.3 Å². The first kappa shape index (κ1) is 17.7. The number of benzene rings is 2. The second-order valence-electron chi connectivity index (χ2n) is 5.77. The number of aromatic nitrogens is 2. The van der Waals surface area contributed by atoms with Gasteiger partial charge in [-0.25, -0.2) is 4.79 Å². The van der Waals surface area contributed by atoms with Crippen LogP contribution in [-0.2, 0) is 6.54 Å². The fourth-order valence-electron chi connectivity index (χ4n) is 2.44. The molecule has 3 aromatic rings. The van der Waals surface area contributed by atoms with Crippen molar-refractivity contribution in [3.05, 3.63) is 70.9 Å². The summed E-state index contributed by atoms with van der Waals surface area (Å²) in [6.45, 7) is 2.36. The third kappa shape index (κ3) is 4.11. The lowest BCUT2D eigenvalue weighted by Crippen LogP contribution is -2.09. The zero-order valence-electron chi connectivity index (χ0n) is 14.1. The highest BCUT2D eigenvalue weighted by Crippen LogP contribution is 2.25. The van der Waals surface area contributed by atoms with Crippen LogP contribution in [0.25, 0.3) is 11.3 Å². The van der Waals surface area contributed by atoms with Crippen LogP contribution >= 0.6 is 11.6 Å². The minimum Gasteiger partial charge on any atom is -0.423 e. The standard InChI is InChI=1S/C20H16ClN3O2/c1-14-3-9-17(10-4-14)26-20(25)18-13-24(12-2-11-22)23-19(18)15-5-7-16(21)8-6-15/h3-10,13H,2,12H2,1H3. The van der Waals surface area contributed by atoms with Crippen molar-refractivity contribution in [1.29, 1.82) is 5.26 Å². The van der Waals surface area contributed by atoms with E-state index in [1.54, 1.807) is 47.3 Å². The van der Waals surface area contributed by atoms with Gasteiger partial charge in [0.25, 0.3) is 0 Å². The number of hydrogen-bond acceptors (Lipinski definition) is 4. The average Bonchev–Trinajstić information content (AvgIpc) is 3.07. The van der Waals surface area contributed by atoms with E-state index >= 15 is 0 Å². The van der Waals surface area contributed by atoms with Gasteiger partial charge in [-0.3, -0.25) is 4.68 Å². The van der Waals surface area contributed by atoms with Gasteiger partial charge in [-0.1, -0.05) is 41.4 Å². The fourth-order valence-corrected chi connectivity index (χ4v) is 2.57. The number of carbonyl (C=O) groups excluding carboxylic acids is 1. The molecule has 0 spiro atoms. The minimum absolute atomic E-state index is 0.300. The molecule has 0 aliphatic heterocycles. The summed E-state index contributed by atoms with van der Waals surface area (Å²) >= 11 is 5.94. The van der Waals surface area contributed by atoms with Crippen molar-refractivity contribution in [2.45, 2.75) is 19.9 Å². The largest absolute Gasteiger partial charge is 0.423 e.